The Hall–Kier alpha value is -0.123. The predicted octanol–water partition coefficient (Wildman–Crippen LogP) is 5.26. The first kappa shape index (κ1) is 16.9. The third-order valence-electron chi connectivity index (χ3n) is 3.64. The molecule has 1 heterocycles. The minimum Gasteiger partial charge on any atom is -0.392 e. The molecule has 1 rings (SSSR count). The molecule has 2 atom stereocenters. The van der Waals surface area contributed by atoms with E-state index < -0.39 is 8.32 Å². The van der Waals surface area contributed by atoms with Crippen LogP contribution in [0.4, 0.5) is 0 Å². The van der Waals surface area contributed by atoms with Gasteiger partial charge >= 0.3 is 0 Å². The van der Waals surface area contributed by atoms with E-state index >= 15 is 0 Å². The summed E-state index contributed by atoms with van der Waals surface area (Å²) < 4.78 is 11.9. The lowest BCUT2D eigenvalue weighted by atomic mass is 10.1. The lowest BCUT2D eigenvalue weighted by molar-refractivity contribution is -0.0727. The van der Waals surface area contributed by atoms with Gasteiger partial charge in [-0.1, -0.05) is 38.3 Å². The second-order valence-corrected chi connectivity index (χ2v) is 10.5. The SMILES string of the molecule is CCCCCC/C=C/C[Si](C)(C)OC1CCC(C)O1. The maximum absolute atomic E-state index is 6.18. The molecular weight excluding hydrogens is 252 g/mol. The minimum atomic E-state index is -1.59. The minimum absolute atomic E-state index is 0.0645. The van der Waals surface area contributed by atoms with Crippen LogP contribution >= 0.6 is 0 Å². The van der Waals surface area contributed by atoms with Gasteiger partial charge in [0, 0.05) is 0 Å². The van der Waals surface area contributed by atoms with Gasteiger partial charge in [-0.25, -0.2) is 0 Å². The van der Waals surface area contributed by atoms with Crippen molar-refractivity contribution in [2.24, 2.45) is 0 Å². The van der Waals surface area contributed by atoms with E-state index in [2.05, 4.69) is 39.1 Å². The third kappa shape index (κ3) is 7.90. The number of ether oxygens (including phenoxy) is 1. The van der Waals surface area contributed by atoms with Crippen LogP contribution in [0.25, 0.3) is 0 Å². The molecule has 0 aliphatic carbocycles. The molecule has 0 spiro atoms. The largest absolute Gasteiger partial charge is 0.392 e. The molecule has 0 saturated carbocycles. The Kier molecular flexibility index (Phi) is 7.96. The Morgan fingerprint density at radius 2 is 1.95 bits per heavy atom. The van der Waals surface area contributed by atoms with Crippen molar-refractivity contribution in [3.8, 4) is 0 Å². The normalized spacial score (nSPS) is 24.4. The topological polar surface area (TPSA) is 18.5 Å². The van der Waals surface area contributed by atoms with Crippen LogP contribution in [0.1, 0.15) is 58.8 Å². The first-order valence-electron chi connectivity index (χ1n) is 8.02. The highest BCUT2D eigenvalue weighted by molar-refractivity contribution is 6.71. The molecule has 19 heavy (non-hydrogen) atoms. The highest BCUT2D eigenvalue weighted by Gasteiger charge is 2.30. The fourth-order valence-electron chi connectivity index (χ4n) is 2.43. The first-order chi connectivity index (χ1) is 9.03. The summed E-state index contributed by atoms with van der Waals surface area (Å²) in [5.74, 6) is 0. The van der Waals surface area contributed by atoms with E-state index in [1.54, 1.807) is 0 Å². The van der Waals surface area contributed by atoms with Crippen molar-refractivity contribution in [1.82, 2.24) is 0 Å². The monoisotopic (exact) mass is 284 g/mol. The molecule has 2 unspecified atom stereocenters. The highest BCUT2D eigenvalue weighted by Crippen LogP contribution is 2.25. The summed E-state index contributed by atoms with van der Waals surface area (Å²) in [6, 6.07) is 1.11. The molecule has 0 bridgehead atoms. The summed E-state index contributed by atoms with van der Waals surface area (Å²) in [5.41, 5.74) is 0. The van der Waals surface area contributed by atoms with Crippen LogP contribution in [0, 0.1) is 0 Å². The molecule has 112 valence electrons. The van der Waals surface area contributed by atoms with Gasteiger partial charge in [0.1, 0.15) is 6.29 Å². The number of hydrogen-bond acceptors (Lipinski definition) is 2. The zero-order chi connectivity index (χ0) is 14.1. The average Bonchev–Trinajstić information content (AvgIpc) is 2.72. The molecule has 2 nitrogen and oxygen atoms in total. The van der Waals surface area contributed by atoms with Crippen molar-refractivity contribution in [3.05, 3.63) is 12.2 Å². The van der Waals surface area contributed by atoms with E-state index in [1.807, 2.05) is 0 Å². The molecule has 0 amide bonds. The number of hydrogen-bond donors (Lipinski definition) is 0. The van der Waals surface area contributed by atoms with Crippen molar-refractivity contribution < 1.29 is 9.16 Å². The van der Waals surface area contributed by atoms with Crippen molar-refractivity contribution in [2.75, 3.05) is 0 Å². The lowest BCUT2D eigenvalue weighted by Gasteiger charge is -2.25. The summed E-state index contributed by atoms with van der Waals surface area (Å²) in [7, 11) is -1.59. The Morgan fingerprint density at radius 1 is 1.16 bits per heavy atom. The van der Waals surface area contributed by atoms with Crippen LogP contribution in [-0.4, -0.2) is 20.7 Å². The molecule has 0 aromatic carbocycles. The number of unbranched alkanes of at least 4 members (excludes halogenated alkanes) is 4. The lowest BCUT2D eigenvalue weighted by Crippen LogP contribution is -2.34. The third-order valence-corrected chi connectivity index (χ3v) is 5.76. The van der Waals surface area contributed by atoms with E-state index in [1.165, 1.54) is 32.1 Å². The van der Waals surface area contributed by atoms with Crippen LogP contribution in [0.2, 0.25) is 19.1 Å². The zero-order valence-electron chi connectivity index (χ0n) is 13.3. The van der Waals surface area contributed by atoms with Gasteiger partial charge < -0.3 is 9.16 Å². The zero-order valence-corrected chi connectivity index (χ0v) is 14.3. The summed E-state index contributed by atoms with van der Waals surface area (Å²) >= 11 is 0. The maximum atomic E-state index is 6.18. The second kappa shape index (κ2) is 8.93. The van der Waals surface area contributed by atoms with E-state index in [9.17, 15) is 0 Å². The van der Waals surface area contributed by atoms with E-state index in [0.29, 0.717) is 6.10 Å². The smallest absolute Gasteiger partial charge is 0.193 e. The fraction of sp³-hybridized carbons (Fsp3) is 0.875. The van der Waals surface area contributed by atoms with Crippen LogP contribution in [-0.2, 0) is 9.16 Å². The molecule has 0 aromatic rings. The Morgan fingerprint density at radius 3 is 2.58 bits per heavy atom. The van der Waals surface area contributed by atoms with E-state index in [-0.39, 0.29) is 6.29 Å². The molecule has 0 aromatic heterocycles. The molecule has 1 saturated heterocycles. The van der Waals surface area contributed by atoms with E-state index in [4.69, 9.17) is 9.16 Å². The summed E-state index contributed by atoms with van der Waals surface area (Å²) in [4.78, 5) is 0. The van der Waals surface area contributed by atoms with Gasteiger partial charge in [0.25, 0.3) is 0 Å². The van der Waals surface area contributed by atoms with Crippen LogP contribution in [0.3, 0.4) is 0 Å². The molecule has 1 aliphatic rings. The van der Waals surface area contributed by atoms with Gasteiger partial charge in [-0.3, -0.25) is 0 Å². The van der Waals surface area contributed by atoms with Crippen LogP contribution in [0.15, 0.2) is 12.2 Å². The molecule has 0 N–H and O–H groups in total. The van der Waals surface area contributed by atoms with Crippen molar-refractivity contribution in [1.29, 1.82) is 0 Å². The molecule has 3 heteroatoms. The molecular formula is C16H32O2Si. The molecule has 1 aliphatic heterocycles. The summed E-state index contributed by atoms with van der Waals surface area (Å²) in [6.07, 6.45) is 13.9. The number of rotatable bonds is 9. The first-order valence-corrected chi connectivity index (χ1v) is 11.1. The molecule has 0 radical (unpaired) electrons. The molecule has 1 fully saturated rings. The van der Waals surface area contributed by atoms with Gasteiger partial charge in [0.05, 0.1) is 6.10 Å². The maximum Gasteiger partial charge on any atom is 0.193 e. The van der Waals surface area contributed by atoms with Gasteiger partial charge in [-0.05, 0) is 51.7 Å². The van der Waals surface area contributed by atoms with E-state index in [0.717, 1.165) is 18.9 Å². The standard InChI is InChI=1S/C16H32O2Si/c1-5-6-7-8-9-10-11-14-19(3,4)18-16-13-12-15(2)17-16/h10-11,15-16H,5-9,12-14H2,1-4H3/b11-10+. The fourth-order valence-corrected chi connectivity index (χ4v) is 4.15. The Labute approximate surface area is 120 Å². The number of allylic oxidation sites excluding steroid dienone is 2. The van der Waals surface area contributed by atoms with Gasteiger partial charge in [0.15, 0.2) is 8.32 Å². The van der Waals surface area contributed by atoms with Crippen LogP contribution < -0.4 is 0 Å². The quantitative estimate of drug-likeness (QED) is 0.327. The van der Waals surface area contributed by atoms with Crippen molar-refractivity contribution in [2.45, 2.75) is 90.3 Å². The summed E-state index contributed by atoms with van der Waals surface area (Å²) in [6.45, 7) is 8.98. The van der Waals surface area contributed by atoms with Gasteiger partial charge in [-0.2, -0.15) is 0 Å². The highest BCUT2D eigenvalue weighted by atomic mass is 28.4. The van der Waals surface area contributed by atoms with Crippen molar-refractivity contribution in [3.63, 3.8) is 0 Å². The Bertz CT molecular complexity index is 263. The second-order valence-electron chi connectivity index (χ2n) is 6.36. The average molecular weight is 285 g/mol. The summed E-state index contributed by atoms with van der Waals surface area (Å²) in [5, 5.41) is 0. The van der Waals surface area contributed by atoms with Gasteiger partial charge in [0.2, 0.25) is 0 Å². The predicted molar refractivity (Wildman–Crippen MR) is 84.8 cm³/mol. The van der Waals surface area contributed by atoms with Crippen LogP contribution in [0.5, 0.6) is 0 Å². The Balaban J connectivity index is 2.13. The van der Waals surface area contributed by atoms with Gasteiger partial charge in [-0.15, -0.1) is 0 Å². The van der Waals surface area contributed by atoms with Crippen molar-refractivity contribution >= 4 is 8.32 Å².